The third kappa shape index (κ3) is 1.35. The predicted molar refractivity (Wildman–Crippen MR) is 61.5 cm³/mol. The number of rotatable bonds is 2. The number of allylic oxidation sites excluding steroid dienone is 1. The average Bonchev–Trinajstić information content (AvgIpc) is 2.61. The molecule has 1 aromatic carbocycles. The molecule has 0 radical (unpaired) electrons. The van der Waals surface area contributed by atoms with Crippen molar-refractivity contribution in [3.05, 3.63) is 48.7 Å². The molecule has 0 fully saturated rings. The van der Waals surface area contributed by atoms with E-state index >= 15 is 0 Å². The Morgan fingerprint density at radius 1 is 1.29 bits per heavy atom. The summed E-state index contributed by atoms with van der Waals surface area (Å²) in [5.74, 6) is 0. The molecule has 1 heterocycles. The second-order valence-electron chi connectivity index (χ2n) is 4.20. The van der Waals surface area contributed by atoms with Gasteiger partial charge in [-0.3, -0.25) is 0 Å². The molecule has 1 N–H and O–H groups in total. The van der Waals surface area contributed by atoms with E-state index in [0.29, 0.717) is 0 Å². The number of aromatic nitrogens is 1. The second kappa shape index (κ2) is 3.02. The van der Waals surface area contributed by atoms with Crippen LogP contribution in [-0.2, 0) is 5.41 Å². The second-order valence-corrected chi connectivity index (χ2v) is 4.20. The standard InChI is InChI=1S/C13H15N/c1-4-13(2,3)12-9-10-7-5-6-8-11(10)14-12/h4-9,14H,1H2,2-3H3. The van der Waals surface area contributed by atoms with Gasteiger partial charge in [0, 0.05) is 16.6 Å². The number of benzene rings is 1. The first-order valence-electron chi connectivity index (χ1n) is 4.85. The smallest absolute Gasteiger partial charge is 0.0456 e. The predicted octanol–water partition coefficient (Wildman–Crippen LogP) is 3.63. The Morgan fingerprint density at radius 2 is 2.00 bits per heavy atom. The van der Waals surface area contributed by atoms with Gasteiger partial charge in [-0.15, -0.1) is 6.58 Å². The summed E-state index contributed by atoms with van der Waals surface area (Å²) in [6.07, 6.45) is 1.97. The lowest BCUT2D eigenvalue weighted by atomic mass is 9.90. The highest BCUT2D eigenvalue weighted by Gasteiger charge is 2.17. The monoisotopic (exact) mass is 185 g/mol. The molecule has 0 atom stereocenters. The van der Waals surface area contributed by atoms with E-state index in [1.807, 2.05) is 12.1 Å². The Labute approximate surface area is 84.5 Å². The maximum atomic E-state index is 3.86. The molecule has 0 bridgehead atoms. The summed E-state index contributed by atoms with van der Waals surface area (Å²) in [6.45, 7) is 8.17. The molecule has 2 aromatic rings. The molecule has 0 saturated carbocycles. The van der Waals surface area contributed by atoms with Crippen molar-refractivity contribution in [2.75, 3.05) is 0 Å². The molecule has 0 amide bonds. The number of hydrogen-bond acceptors (Lipinski definition) is 0. The van der Waals surface area contributed by atoms with Gasteiger partial charge >= 0.3 is 0 Å². The molecule has 0 aliphatic carbocycles. The van der Waals surface area contributed by atoms with Gasteiger partial charge in [-0.25, -0.2) is 0 Å². The minimum atomic E-state index is 0.0129. The Bertz CT molecular complexity index is 430. The summed E-state index contributed by atoms with van der Waals surface area (Å²) in [7, 11) is 0. The Morgan fingerprint density at radius 3 is 2.64 bits per heavy atom. The van der Waals surface area contributed by atoms with Crippen molar-refractivity contribution in [3.63, 3.8) is 0 Å². The van der Waals surface area contributed by atoms with E-state index in [1.54, 1.807) is 0 Å². The maximum Gasteiger partial charge on any atom is 0.0456 e. The van der Waals surface area contributed by atoms with Crippen LogP contribution in [0.5, 0.6) is 0 Å². The molecule has 0 aliphatic heterocycles. The third-order valence-corrected chi connectivity index (χ3v) is 2.73. The highest BCUT2D eigenvalue weighted by molar-refractivity contribution is 5.80. The molecule has 1 heteroatoms. The van der Waals surface area contributed by atoms with Crippen molar-refractivity contribution < 1.29 is 0 Å². The normalized spacial score (nSPS) is 11.9. The maximum absolute atomic E-state index is 3.86. The van der Waals surface area contributed by atoms with Gasteiger partial charge in [-0.2, -0.15) is 0 Å². The molecular weight excluding hydrogens is 170 g/mol. The molecule has 0 aliphatic rings. The average molecular weight is 185 g/mol. The summed E-state index contributed by atoms with van der Waals surface area (Å²) in [4.78, 5) is 3.42. The van der Waals surface area contributed by atoms with Crippen molar-refractivity contribution in [1.82, 2.24) is 4.98 Å². The van der Waals surface area contributed by atoms with Crippen LogP contribution in [0.2, 0.25) is 0 Å². The largest absolute Gasteiger partial charge is 0.358 e. The van der Waals surface area contributed by atoms with Gasteiger partial charge in [0.2, 0.25) is 0 Å². The fourth-order valence-electron chi connectivity index (χ4n) is 1.53. The fraction of sp³-hybridized carbons (Fsp3) is 0.231. The first-order chi connectivity index (χ1) is 6.63. The molecule has 1 nitrogen and oxygen atoms in total. The van der Waals surface area contributed by atoms with E-state index in [0.717, 1.165) is 0 Å². The number of aromatic amines is 1. The topological polar surface area (TPSA) is 15.8 Å². The van der Waals surface area contributed by atoms with E-state index in [1.165, 1.54) is 16.6 Å². The third-order valence-electron chi connectivity index (χ3n) is 2.73. The molecule has 14 heavy (non-hydrogen) atoms. The molecule has 0 spiro atoms. The highest BCUT2D eigenvalue weighted by Crippen LogP contribution is 2.26. The number of para-hydroxylation sites is 1. The first-order valence-corrected chi connectivity index (χ1v) is 4.85. The van der Waals surface area contributed by atoms with Crippen LogP contribution in [0.1, 0.15) is 19.5 Å². The highest BCUT2D eigenvalue weighted by atomic mass is 14.7. The quantitative estimate of drug-likeness (QED) is 0.688. The van der Waals surface area contributed by atoms with E-state index in [2.05, 4.69) is 49.7 Å². The van der Waals surface area contributed by atoms with Gasteiger partial charge in [-0.05, 0) is 17.5 Å². The lowest BCUT2D eigenvalue weighted by Crippen LogP contribution is -2.12. The van der Waals surface area contributed by atoms with Crippen LogP contribution >= 0.6 is 0 Å². The Kier molecular flexibility index (Phi) is 1.95. The van der Waals surface area contributed by atoms with Gasteiger partial charge < -0.3 is 4.98 Å². The summed E-state index contributed by atoms with van der Waals surface area (Å²) >= 11 is 0. The summed E-state index contributed by atoms with van der Waals surface area (Å²) in [5, 5.41) is 1.26. The Balaban J connectivity index is 2.60. The minimum Gasteiger partial charge on any atom is -0.358 e. The van der Waals surface area contributed by atoms with Crippen molar-refractivity contribution in [2.45, 2.75) is 19.3 Å². The van der Waals surface area contributed by atoms with Crippen LogP contribution in [0.3, 0.4) is 0 Å². The first kappa shape index (κ1) is 9.07. The molecule has 0 saturated heterocycles. The van der Waals surface area contributed by atoms with Gasteiger partial charge in [0.15, 0.2) is 0 Å². The number of hydrogen-bond donors (Lipinski definition) is 1. The van der Waals surface area contributed by atoms with E-state index in [4.69, 9.17) is 0 Å². The fourth-order valence-corrected chi connectivity index (χ4v) is 1.53. The van der Waals surface area contributed by atoms with Gasteiger partial charge in [-0.1, -0.05) is 38.1 Å². The van der Waals surface area contributed by atoms with Crippen molar-refractivity contribution >= 4 is 10.9 Å². The van der Waals surface area contributed by atoms with Crippen molar-refractivity contribution in [1.29, 1.82) is 0 Å². The zero-order chi connectivity index (χ0) is 10.2. The lowest BCUT2D eigenvalue weighted by molar-refractivity contribution is 0.652. The van der Waals surface area contributed by atoms with Crippen LogP contribution in [0.4, 0.5) is 0 Å². The Hall–Kier alpha value is -1.50. The van der Waals surface area contributed by atoms with Crippen molar-refractivity contribution in [3.8, 4) is 0 Å². The summed E-state index contributed by atoms with van der Waals surface area (Å²) in [6, 6.07) is 10.5. The zero-order valence-corrected chi connectivity index (χ0v) is 8.67. The summed E-state index contributed by atoms with van der Waals surface area (Å²) < 4.78 is 0. The van der Waals surface area contributed by atoms with E-state index < -0.39 is 0 Å². The lowest BCUT2D eigenvalue weighted by Gasteiger charge is -2.17. The van der Waals surface area contributed by atoms with Crippen LogP contribution in [-0.4, -0.2) is 4.98 Å². The molecule has 2 rings (SSSR count). The summed E-state index contributed by atoms with van der Waals surface area (Å²) in [5.41, 5.74) is 2.42. The van der Waals surface area contributed by atoms with Gasteiger partial charge in [0.05, 0.1) is 0 Å². The van der Waals surface area contributed by atoms with Gasteiger partial charge in [0.25, 0.3) is 0 Å². The molecule has 72 valence electrons. The number of nitrogens with one attached hydrogen (secondary N) is 1. The van der Waals surface area contributed by atoms with E-state index in [9.17, 15) is 0 Å². The van der Waals surface area contributed by atoms with E-state index in [-0.39, 0.29) is 5.41 Å². The van der Waals surface area contributed by atoms with Crippen LogP contribution in [0, 0.1) is 0 Å². The van der Waals surface area contributed by atoms with Gasteiger partial charge in [0.1, 0.15) is 0 Å². The SMILES string of the molecule is C=CC(C)(C)c1cc2ccccc2[nH]1. The van der Waals surface area contributed by atoms with Crippen LogP contribution in [0.15, 0.2) is 43.0 Å². The van der Waals surface area contributed by atoms with Crippen molar-refractivity contribution in [2.24, 2.45) is 0 Å². The molecule has 0 unspecified atom stereocenters. The van der Waals surface area contributed by atoms with Crippen LogP contribution < -0.4 is 0 Å². The molecular formula is C13H15N. The number of H-pyrrole nitrogens is 1. The minimum absolute atomic E-state index is 0.0129. The van der Waals surface area contributed by atoms with Crippen LogP contribution in [0.25, 0.3) is 10.9 Å². The number of fused-ring (bicyclic) bond motifs is 1. The zero-order valence-electron chi connectivity index (χ0n) is 8.67. The molecule has 1 aromatic heterocycles.